The van der Waals surface area contributed by atoms with Gasteiger partial charge in [-0.25, -0.2) is 9.37 Å². The zero-order valence-electron chi connectivity index (χ0n) is 10.8. The number of rotatable bonds is 6. The zero-order chi connectivity index (χ0) is 13.7. The van der Waals surface area contributed by atoms with Crippen LogP contribution in [0.4, 0.5) is 4.39 Å². The molecule has 2 rings (SSSR count). The Kier molecular flexibility index (Phi) is 4.65. The van der Waals surface area contributed by atoms with E-state index in [-0.39, 0.29) is 11.9 Å². The average Bonchev–Trinajstić information content (AvgIpc) is 2.90. The van der Waals surface area contributed by atoms with E-state index in [1.165, 1.54) is 12.1 Å². The van der Waals surface area contributed by atoms with E-state index < -0.39 is 6.10 Å². The van der Waals surface area contributed by atoms with Gasteiger partial charge in [-0.05, 0) is 31.0 Å². The first kappa shape index (κ1) is 13.7. The molecule has 0 radical (unpaired) electrons. The number of aromatic nitrogens is 2. The lowest BCUT2D eigenvalue weighted by Crippen LogP contribution is -2.27. The van der Waals surface area contributed by atoms with Gasteiger partial charge in [0.05, 0.1) is 12.6 Å². The number of hydrogen-bond donors (Lipinski definition) is 3. The number of halogens is 1. The van der Waals surface area contributed by atoms with Crippen LogP contribution in [0.15, 0.2) is 36.7 Å². The Hall–Kier alpha value is -1.72. The molecule has 1 aromatic heterocycles. The third kappa shape index (κ3) is 4.15. The molecule has 4 nitrogen and oxygen atoms in total. The van der Waals surface area contributed by atoms with Crippen LogP contribution in [-0.2, 0) is 6.54 Å². The molecule has 5 heteroatoms. The molecule has 0 aliphatic heterocycles. The second kappa shape index (κ2) is 6.45. The number of imidazole rings is 1. The fourth-order valence-electron chi connectivity index (χ4n) is 1.90. The largest absolute Gasteiger partial charge is 0.388 e. The van der Waals surface area contributed by atoms with Crippen LogP contribution in [-0.4, -0.2) is 21.1 Å². The molecule has 0 aliphatic rings. The molecule has 2 aromatic rings. The highest BCUT2D eigenvalue weighted by Crippen LogP contribution is 2.18. The number of hydrogen-bond acceptors (Lipinski definition) is 3. The van der Waals surface area contributed by atoms with Crippen molar-refractivity contribution in [2.75, 3.05) is 0 Å². The van der Waals surface area contributed by atoms with E-state index in [0.29, 0.717) is 13.0 Å². The highest BCUT2D eigenvalue weighted by Gasteiger charge is 2.12. The van der Waals surface area contributed by atoms with Crippen LogP contribution in [0.5, 0.6) is 0 Å². The molecule has 0 unspecified atom stereocenters. The normalized spacial score (nSPS) is 14.3. The highest BCUT2D eigenvalue weighted by atomic mass is 19.1. The van der Waals surface area contributed by atoms with Crippen molar-refractivity contribution in [3.05, 3.63) is 53.9 Å². The van der Waals surface area contributed by atoms with E-state index in [4.69, 9.17) is 0 Å². The third-order valence-electron chi connectivity index (χ3n) is 3.00. The first-order valence-corrected chi connectivity index (χ1v) is 6.30. The van der Waals surface area contributed by atoms with Crippen molar-refractivity contribution in [3.8, 4) is 0 Å². The van der Waals surface area contributed by atoms with Crippen LogP contribution in [0.2, 0.25) is 0 Å². The van der Waals surface area contributed by atoms with Crippen molar-refractivity contribution in [1.29, 1.82) is 0 Å². The van der Waals surface area contributed by atoms with Gasteiger partial charge in [-0.2, -0.15) is 0 Å². The van der Waals surface area contributed by atoms with Gasteiger partial charge in [0.2, 0.25) is 0 Å². The van der Waals surface area contributed by atoms with Crippen LogP contribution in [0.3, 0.4) is 0 Å². The fraction of sp³-hybridized carbons (Fsp3) is 0.357. The maximum Gasteiger partial charge on any atom is 0.123 e. The number of aromatic amines is 1. The zero-order valence-corrected chi connectivity index (χ0v) is 10.8. The lowest BCUT2D eigenvalue weighted by molar-refractivity contribution is 0.153. The standard InChI is InChI=1S/C14H18FN3O/c1-10(18-9-14-16-6-7-17-14)8-13(19)11-2-4-12(15)5-3-11/h2-7,10,13,18-19H,8-9H2,1H3,(H,16,17)/t10-,13-/m0/s1. The summed E-state index contributed by atoms with van der Waals surface area (Å²) in [5.74, 6) is 0.572. The monoisotopic (exact) mass is 263 g/mol. The Morgan fingerprint density at radius 2 is 2.11 bits per heavy atom. The summed E-state index contributed by atoms with van der Waals surface area (Å²) in [6.45, 7) is 2.62. The van der Waals surface area contributed by atoms with Crippen LogP contribution in [0.1, 0.15) is 30.8 Å². The molecular weight excluding hydrogens is 245 g/mol. The van der Waals surface area contributed by atoms with E-state index >= 15 is 0 Å². The molecule has 1 aromatic carbocycles. The number of nitrogens with one attached hydrogen (secondary N) is 2. The van der Waals surface area contributed by atoms with Crippen molar-refractivity contribution in [2.45, 2.75) is 32.0 Å². The van der Waals surface area contributed by atoms with E-state index in [0.717, 1.165) is 11.4 Å². The smallest absolute Gasteiger partial charge is 0.123 e. The molecular formula is C14H18FN3O. The van der Waals surface area contributed by atoms with E-state index in [2.05, 4.69) is 15.3 Å². The molecule has 0 fully saturated rings. The first-order chi connectivity index (χ1) is 9.15. The number of aliphatic hydroxyl groups excluding tert-OH is 1. The third-order valence-corrected chi connectivity index (χ3v) is 3.00. The molecule has 0 amide bonds. The second-order valence-corrected chi connectivity index (χ2v) is 4.62. The molecule has 0 saturated carbocycles. The van der Waals surface area contributed by atoms with Crippen LogP contribution in [0.25, 0.3) is 0 Å². The van der Waals surface area contributed by atoms with Crippen LogP contribution >= 0.6 is 0 Å². The summed E-state index contributed by atoms with van der Waals surface area (Å²) < 4.78 is 12.8. The minimum atomic E-state index is -0.597. The molecule has 3 N–H and O–H groups in total. The quantitative estimate of drug-likeness (QED) is 0.748. The van der Waals surface area contributed by atoms with Gasteiger partial charge in [-0.15, -0.1) is 0 Å². The van der Waals surface area contributed by atoms with Gasteiger partial charge in [-0.3, -0.25) is 0 Å². The lowest BCUT2D eigenvalue weighted by Gasteiger charge is -2.17. The van der Waals surface area contributed by atoms with Gasteiger partial charge in [0, 0.05) is 18.4 Å². The number of H-pyrrole nitrogens is 1. The molecule has 0 spiro atoms. The molecule has 0 aliphatic carbocycles. The van der Waals surface area contributed by atoms with Gasteiger partial charge in [0.15, 0.2) is 0 Å². The molecule has 19 heavy (non-hydrogen) atoms. The van der Waals surface area contributed by atoms with E-state index in [1.54, 1.807) is 24.5 Å². The lowest BCUT2D eigenvalue weighted by atomic mass is 10.0. The van der Waals surface area contributed by atoms with Crippen molar-refractivity contribution in [3.63, 3.8) is 0 Å². The van der Waals surface area contributed by atoms with Gasteiger partial charge in [0.1, 0.15) is 11.6 Å². The van der Waals surface area contributed by atoms with Crippen LogP contribution in [0, 0.1) is 5.82 Å². The SMILES string of the molecule is C[C@@H](C[C@H](O)c1ccc(F)cc1)NCc1ncc[nH]1. The predicted molar refractivity (Wildman–Crippen MR) is 70.9 cm³/mol. The predicted octanol–water partition coefficient (Wildman–Crippen LogP) is 2.15. The Labute approximate surface area is 111 Å². The van der Waals surface area contributed by atoms with Crippen molar-refractivity contribution >= 4 is 0 Å². The summed E-state index contributed by atoms with van der Waals surface area (Å²) in [7, 11) is 0. The number of benzene rings is 1. The van der Waals surface area contributed by atoms with Gasteiger partial charge in [0.25, 0.3) is 0 Å². The minimum absolute atomic E-state index is 0.130. The topological polar surface area (TPSA) is 60.9 Å². The molecule has 1 heterocycles. The number of aliphatic hydroxyl groups is 1. The van der Waals surface area contributed by atoms with Gasteiger partial charge in [-0.1, -0.05) is 12.1 Å². The van der Waals surface area contributed by atoms with Crippen molar-refractivity contribution in [1.82, 2.24) is 15.3 Å². The Morgan fingerprint density at radius 1 is 1.37 bits per heavy atom. The molecule has 102 valence electrons. The average molecular weight is 263 g/mol. The Balaban J connectivity index is 1.81. The maximum atomic E-state index is 12.8. The Bertz CT molecular complexity index is 484. The van der Waals surface area contributed by atoms with Crippen molar-refractivity contribution in [2.24, 2.45) is 0 Å². The molecule has 0 saturated heterocycles. The first-order valence-electron chi connectivity index (χ1n) is 6.30. The number of nitrogens with zero attached hydrogens (tertiary/aromatic N) is 1. The summed E-state index contributed by atoms with van der Waals surface area (Å²) in [5, 5.41) is 13.3. The van der Waals surface area contributed by atoms with Crippen LogP contribution < -0.4 is 5.32 Å². The van der Waals surface area contributed by atoms with Gasteiger partial charge < -0.3 is 15.4 Å². The molecule has 0 bridgehead atoms. The highest BCUT2D eigenvalue weighted by molar-refractivity contribution is 5.18. The van der Waals surface area contributed by atoms with E-state index in [1.807, 2.05) is 6.92 Å². The fourth-order valence-corrected chi connectivity index (χ4v) is 1.90. The Morgan fingerprint density at radius 3 is 2.74 bits per heavy atom. The maximum absolute atomic E-state index is 12.8. The minimum Gasteiger partial charge on any atom is -0.388 e. The van der Waals surface area contributed by atoms with Gasteiger partial charge >= 0.3 is 0 Å². The summed E-state index contributed by atoms with van der Waals surface area (Å²) >= 11 is 0. The summed E-state index contributed by atoms with van der Waals surface area (Å²) in [6.07, 6.45) is 3.44. The summed E-state index contributed by atoms with van der Waals surface area (Å²) in [4.78, 5) is 7.12. The summed E-state index contributed by atoms with van der Waals surface area (Å²) in [6, 6.07) is 6.07. The second-order valence-electron chi connectivity index (χ2n) is 4.62. The summed E-state index contributed by atoms with van der Waals surface area (Å²) in [5.41, 5.74) is 0.730. The van der Waals surface area contributed by atoms with E-state index in [9.17, 15) is 9.50 Å². The van der Waals surface area contributed by atoms with Crippen molar-refractivity contribution < 1.29 is 9.50 Å². The molecule has 2 atom stereocenters.